The number of phenolic OH excluding ortho intramolecular Hbond substituents is 1. The molecule has 4 fully saturated rings. The molecule has 4 saturated carbocycles. The molecule has 108 valence electrons. The largest absolute Gasteiger partial charge is 0.508 e. The highest BCUT2D eigenvalue weighted by molar-refractivity contribution is 5.28. The molecule has 0 atom stereocenters. The van der Waals surface area contributed by atoms with E-state index in [9.17, 15) is 9.50 Å². The quantitative estimate of drug-likeness (QED) is 0.883. The summed E-state index contributed by atoms with van der Waals surface area (Å²) in [5.74, 6) is 2.60. The Balaban J connectivity index is 1.50. The SMILES string of the molecule is Oc1ccc(F)c(CNC23CC4CC(CC(C4)C2)C3)c1. The molecule has 0 spiro atoms. The average Bonchev–Trinajstić information content (AvgIpc) is 2.38. The summed E-state index contributed by atoms with van der Waals surface area (Å²) >= 11 is 0. The molecule has 4 aliphatic carbocycles. The summed E-state index contributed by atoms with van der Waals surface area (Å²) in [5, 5.41) is 13.2. The van der Waals surface area contributed by atoms with Crippen LogP contribution in [0.1, 0.15) is 44.1 Å². The van der Waals surface area contributed by atoms with Crippen molar-refractivity contribution in [3.63, 3.8) is 0 Å². The van der Waals surface area contributed by atoms with Crippen molar-refractivity contribution >= 4 is 0 Å². The van der Waals surface area contributed by atoms with Gasteiger partial charge in [-0.1, -0.05) is 0 Å². The van der Waals surface area contributed by atoms with Crippen LogP contribution < -0.4 is 5.32 Å². The molecule has 1 aromatic rings. The molecule has 2 nitrogen and oxygen atoms in total. The summed E-state index contributed by atoms with van der Waals surface area (Å²) < 4.78 is 13.8. The second-order valence-corrected chi connectivity index (χ2v) is 7.33. The number of rotatable bonds is 3. The average molecular weight is 275 g/mol. The van der Waals surface area contributed by atoms with Crippen LogP contribution in [0.2, 0.25) is 0 Å². The van der Waals surface area contributed by atoms with Crippen LogP contribution in [0.15, 0.2) is 18.2 Å². The third-order valence-corrected chi connectivity index (χ3v) is 5.72. The molecule has 0 unspecified atom stereocenters. The Hall–Kier alpha value is -1.09. The normalized spacial score (nSPS) is 38.4. The topological polar surface area (TPSA) is 32.3 Å². The number of nitrogens with one attached hydrogen (secondary N) is 1. The first kappa shape index (κ1) is 12.6. The molecule has 5 rings (SSSR count). The van der Waals surface area contributed by atoms with Gasteiger partial charge in [0.25, 0.3) is 0 Å². The smallest absolute Gasteiger partial charge is 0.127 e. The second kappa shape index (κ2) is 4.45. The number of hydrogen-bond acceptors (Lipinski definition) is 2. The van der Waals surface area contributed by atoms with Crippen LogP contribution in [0.3, 0.4) is 0 Å². The van der Waals surface area contributed by atoms with Crippen molar-refractivity contribution in [2.24, 2.45) is 17.8 Å². The molecule has 0 saturated heterocycles. The molecule has 0 aromatic heterocycles. The van der Waals surface area contributed by atoms with E-state index in [2.05, 4.69) is 5.32 Å². The fourth-order valence-corrected chi connectivity index (χ4v) is 5.31. The lowest BCUT2D eigenvalue weighted by molar-refractivity contribution is -0.0207. The molecule has 4 bridgehead atoms. The van der Waals surface area contributed by atoms with Gasteiger partial charge in [0.05, 0.1) is 0 Å². The number of phenols is 1. The minimum Gasteiger partial charge on any atom is -0.508 e. The van der Waals surface area contributed by atoms with Gasteiger partial charge in [-0.25, -0.2) is 4.39 Å². The molecule has 20 heavy (non-hydrogen) atoms. The summed E-state index contributed by atoms with van der Waals surface area (Å²) in [5.41, 5.74) is 0.827. The molecule has 0 aliphatic heterocycles. The van der Waals surface area contributed by atoms with E-state index in [0.29, 0.717) is 12.1 Å². The van der Waals surface area contributed by atoms with E-state index in [-0.39, 0.29) is 17.1 Å². The van der Waals surface area contributed by atoms with Crippen LogP contribution in [0.4, 0.5) is 4.39 Å². The van der Waals surface area contributed by atoms with Crippen LogP contribution in [0, 0.1) is 23.6 Å². The fourth-order valence-electron chi connectivity index (χ4n) is 5.31. The molecule has 0 heterocycles. The van der Waals surface area contributed by atoms with Crippen molar-refractivity contribution in [1.29, 1.82) is 0 Å². The van der Waals surface area contributed by atoms with Gasteiger partial charge < -0.3 is 10.4 Å². The Labute approximate surface area is 119 Å². The van der Waals surface area contributed by atoms with Crippen LogP contribution >= 0.6 is 0 Å². The molecular formula is C17H22FNO. The summed E-state index contributed by atoms with van der Waals surface area (Å²) in [6.07, 6.45) is 8.04. The van der Waals surface area contributed by atoms with E-state index in [1.165, 1.54) is 50.7 Å². The van der Waals surface area contributed by atoms with Crippen molar-refractivity contribution in [2.75, 3.05) is 0 Å². The first-order valence-electron chi connectivity index (χ1n) is 7.84. The minimum absolute atomic E-state index is 0.147. The van der Waals surface area contributed by atoms with Gasteiger partial charge in [-0.15, -0.1) is 0 Å². The first-order valence-corrected chi connectivity index (χ1v) is 7.84. The highest BCUT2D eigenvalue weighted by atomic mass is 19.1. The number of aromatic hydroxyl groups is 1. The Bertz CT molecular complexity index is 492. The predicted molar refractivity (Wildman–Crippen MR) is 75.8 cm³/mol. The standard InChI is InChI=1S/C17H22FNO/c18-16-2-1-15(20)6-14(16)10-19-17-7-11-3-12(8-17)5-13(4-11)9-17/h1-2,6,11-13,19-20H,3-5,7-10H2. The van der Waals surface area contributed by atoms with E-state index < -0.39 is 0 Å². The van der Waals surface area contributed by atoms with Crippen LogP contribution in [0.25, 0.3) is 0 Å². The lowest BCUT2D eigenvalue weighted by Gasteiger charge is -2.57. The molecule has 2 N–H and O–H groups in total. The van der Waals surface area contributed by atoms with E-state index in [1.54, 1.807) is 6.07 Å². The monoisotopic (exact) mass is 275 g/mol. The van der Waals surface area contributed by atoms with Crippen LogP contribution in [-0.2, 0) is 6.54 Å². The van der Waals surface area contributed by atoms with Gasteiger partial charge in [0, 0.05) is 17.6 Å². The van der Waals surface area contributed by atoms with Crippen molar-refractivity contribution in [1.82, 2.24) is 5.32 Å². The van der Waals surface area contributed by atoms with Gasteiger partial charge in [0.1, 0.15) is 11.6 Å². The number of hydrogen-bond donors (Lipinski definition) is 2. The van der Waals surface area contributed by atoms with E-state index in [4.69, 9.17) is 0 Å². The van der Waals surface area contributed by atoms with Crippen molar-refractivity contribution < 1.29 is 9.50 Å². The first-order chi connectivity index (χ1) is 9.62. The Morgan fingerprint density at radius 2 is 1.70 bits per heavy atom. The lowest BCUT2D eigenvalue weighted by atomic mass is 9.53. The van der Waals surface area contributed by atoms with Crippen molar-refractivity contribution in [3.05, 3.63) is 29.6 Å². The number of benzene rings is 1. The zero-order valence-electron chi connectivity index (χ0n) is 11.7. The van der Waals surface area contributed by atoms with Gasteiger partial charge >= 0.3 is 0 Å². The van der Waals surface area contributed by atoms with E-state index in [0.717, 1.165) is 17.8 Å². The Morgan fingerprint density at radius 3 is 2.30 bits per heavy atom. The molecule has 0 radical (unpaired) electrons. The van der Waals surface area contributed by atoms with Crippen LogP contribution in [-0.4, -0.2) is 10.6 Å². The third kappa shape index (κ3) is 2.12. The van der Waals surface area contributed by atoms with Gasteiger partial charge in [-0.2, -0.15) is 0 Å². The van der Waals surface area contributed by atoms with Crippen molar-refractivity contribution in [2.45, 2.75) is 50.6 Å². The molecule has 4 aliphatic rings. The van der Waals surface area contributed by atoms with Crippen molar-refractivity contribution in [3.8, 4) is 5.75 Å². The van der Waals surface area contributed by atoms with Gasteiger partial charge in [0.2, 0.25) is 0 Å². The van der Waals surface area contributed by atoms with E-state index in [1.807, 2.05) is 0 Å². The lowest BCUT2D eigenvalue weighted by Crippen LogP contribution is -2.58. The second-order valence-electron chi connectivity index (χ2n) is 7.33. The zero-order valence-corrected chi connectivity index (χ0v) is 11.7. The maximum atomic E-state index is 13.8. The molecule has 3 heteroatoms. The Morgan fingerprint density at radius 1 is 1.10 bits per heavy atom. The molecule has 1 aromatic carbocycles. The maximum Gasteiger partial charge on any atom is 0.127 e. The highest BCUT2D eigenvalue weighted by Crippen LogP contribution is 2.55. The van der Waals surface area contributed by atoms with Gasteiger partial charge in [0.15, 0.2) is 0 Å². The highest BCUT2D eigenvalue weighted by Gasteiger charge is 2.50. The summed E-state index contributed by atoms with van der Waals surface area (Å²) in [6.45, 7) is 0.534. The molecule has 0 amide bonds. The van der Waals surface area contributed by atoms with Gasteiger partial charge in [-0.3, -0.25) is 0 Å². The summed E-state index contributed by atoms with van der Waals surface area (Å²) in [6, 6.07) is 4.30. The van der Waals surface area contributed by atoms with Gasteiger partial charge in [-0.05, 0) is 74.5 Å². The predicted octanol–water partition coefficient (Wildman–Crippen LogP) is 3.59. The van der Waals surface area contributed by atoms with E-state index >= 15 is 0 Å². The zero-order chi connectivity index (χ0) is 13.7. The third-order valence-electron chi connectivity index (χ3n) is 5.72. The minimum atomic E-state index is -0.222. The van der Waals surface area contributed by atoms with Crippen LogP contribution in [0.5, 0.6) is 5.75 Å². The summed E-state index contributed by atoms with van der Waals surface area (Å²) in [7, 11) is 0. The fraction of sp³-hybridized carbons (Fsp3) is 0.647. The molecular weight excluding hydrogens is 253 g/mol. The number of halogens is 1. The maximum absolute atomic E-state index is 13.8. The summed E-state index contributed by atoms with van der Waals surface area (Å²) in [4.78, 5) is 0. The Kier molecular flexibility index (Phi) is 2.81.